The van der Waals surface area contributed by atoms with Crippen LogP contribution in [0, 0.1) is 14.3 Å². The van der Waals surface area contributed by atoms with E-state index >= 15 is 0 Å². The molecular formula is C50H40F34I2O8S2. The molecule has 0 aromatic heterocycles. The molecule has 46 heteroatoms. The van der Waals surface area contributed by atoms with E-state index in [9.17, 15) is 166 Å². The topological polar surface area (TPSA) is 105 Å². The first-order valence-corrected chi connectivity index (χ1v) is 33.3. The van der Waals surface area contributed by atoms with Crippen LogP contribution in [0.5, 0.6) is 11.5 Å². The fourth-order valence-corrected chi connectivity index (χ4v) is 20.6. The first kappa shape index (κ1) is 85.6. The van der Waals surface area contributed by atoms with E-state index in [4.69, 9.17) is 9.47 Å². The van der Waals surface area contributed by atoms with Gasteiger partial charge in [-0.25, -0.2) is 0 Å². The molecule has 4 rings (SSSR count). The van der Waals surface area contributed by atoms with Crippen molar-refractivity contribution in [1.82, 2.24) is 0 Å². The van der Waals surface area contributed by atoms with E-state index in [-0.39, 0.29) is 18.6 Å². The van der Waals surface area contributed by atoms with Gasteiger partial charge in [0.05, 0.1) is 0 Å². The Bertz CT molecular complexity index is 3470. The van der Waals surface area contributed by atoms with Crippen molar-refractivity contribution >= 4 is 60.7 Å². The van der Waals surface area contributed by atoms with Gasteiger partial charge < -0.3 is 0 Å². The van der Waals surface area contributed by atoms with Crippen molar-refractivity contribution in [1.29, 1.82) is 0 Å². The van der Waals surface area contributed by atoms with Crippen molar-refractivity contribution in [2.45, 2.75) is 146 Å². The zero-order valence-corrected chi connectivity index (χ0v) is 53.9. The van der Waals surface area contributed by atoms with Crippen LogP contribution in [0.25, 0.3) is 0 Å². The molecule has 0 radical (unpaired) electrons. The molecule has 0 atom stereocenters. The van der Waals surface area contributed by atoms with Gasteiger partial charge in [0.2, 0.25) is 0 Å². The van der Waals surface area contributed by atoms with Crippen molar-refractivity contribution in [2.24, 2.45) is 0 Å². The first-order chi connectivity index (χ1) is 42.2. The third-order valence-corrected chi connectivity index (χ3v) is 27.4. The summed E-state index contributed by atoms with van der Waals surface area (Å²) in [5.74, 6) is -104. The second-order valence-electron chi connectivity index (χ2n) is 21.3. The Kier molecular flexibility index (Phi) is 23.5. The summed E-state index contributed by atoms with van der Waals surface area (Å²) in [5, 5.41) is -15.6. The van der Waals surface area contributed by atoms with Crippen molar-refractivity contribution in [3.8, 4) is 11.5 Å². The Hall–Kier alpha value is -4.62. The van der Waals surface area contributed by atoms with Crippen LogP contribution in [0.3, 0.4) is 0 Å². The first-order valence-electron chi connectivity index (χ1n) is 24.4. The Morgan fingerprint density at radius 2 is 0.427 bits per heavy atom. The number of ether oxygens (including phenoxy) is 2. The van der Waals surface area contributed by atoms with Crippen LogP contribution in [-0.2, 0) is 36.1 Å². The molecule has 0 aliphatic rings. The SMILES string of the molecule is CC(C)(C)c1ccc(I(OS(=O)(=O)C(F)(F)C(F)(F)C(F)(F)C(F)(F)C(F)(F)C(F)(F)C(F)(F)C(F)(F)F)c2ccc(C(C)(C)C)cc2)cc1.COc1ccc(I(OS(=O)(=O)C(F)(F)C(F)(F)C(F)(F)C(F)(F)C(F)(F)C(F)(F)C(F)(F)C(F)(F)F)c2ccc(OC)cc2)cc1. The maximum atomic E-state index is 14.9. The summed E-state index contributed by atoms with van der Waals surface area (Å²) >= 11 is -9.35. The van der Waals surface area contributed by atoms with Crippen LogP contribution in [0.15, 0.2) is 97.1 Å². The molecule has 0 aliphatic carbocycles. The molecule has 96 heavy (non-hydrogen) atoms. The van der Waals surface area contributed by atoms with E-state index < -0.39 is 173 Å². The van der Waals surface area contributed by atoms with Gasteiger partial charge in [0, 0.05) is 0 Å². The van der Waals surface area contributed by atoms with Crippen molar-refractivity contribution in [3.05, 3.63) is 122 Å². The average Bonchev–Trinajstić information content (AvgIpc) is 0.697. The molecule has 0 spiro atoms. The van der Waals surface area contributed by atoms with Crippen molar-refractivity contribution in [3.63, 3.8) is 0 Å². The third-order valence-electron chi connectivity index (χ3n) is 12.6. The van der Waals surface area contributed by atoms with Gasteiger partial charge in [-0.1, -0.05) is 0 Å². The van der Waals surface area contributed by atoms with E-state index in [2.05, 4.69) is 5.03 Å². The van der Waals surface area contributed by atoms with E-state index in [1.807, 2.05) is 0 Å². The van der Waals surface area contributed by atoms with Gasteiger partial charge in [-0.05, 0) is 0 Å². The molecule has 0 amide bonds. The molecule has 0 bridgehead atoms. The summed E-state index contributed by atoms with van der Waals surface area (Å²) in [4.78, 5) is 0. The Labute approximate surface area is 533 Å². The zero-order valence-electron chi connectivity index (χ0n) is 47.9. The van der Waals surface area contributed by atoms with Gasteiger partial charge in [0.1, 0.15) is 0 Å². The van der Waals surface area contributed by atoms with Crippen LogP contribution >= 0.6 is 40.5 Å². The van der Waals surface area contributed by atoms with Gasteiger partial charge in [-0.15, -0.1) is 0 Å². The Morgan fingerprint density at radius 1 is 0.260 bits per heavy atom. The fourth-order valence-electron chi connectivity index (χ4n) is 6.75. The molecular weight excluding hydrogens is 1690 g/mol. The molecule has 4 aromatic rings. The molecule has 0 N–H and O–H groups in total. The van der Waals surface area contributed by atoms with Gasteiger partial charge in [0.25, 0.3) is 0 Å². The number of methoxy groups -OCH3 is 2. The van der Waals surface area contributed by atoms with E-state index in [0.29, 0.717) is 11.1 Å². The normalized spacial score (nSPS) is 15.4. The molecule has 0 aliphatic heterocycles. The molecule has 0 unspecified atom stereocenters. The van der Waals surface area contributed by atoms with E-state index in [1.54, 1.807) is 41.5 Å². The summed E-state index contributed by atoms with van der Waals surface area (Å²) in [6.07, 6.45) is -15.8. The van der Waals surface area contributed by atoms with Gasteiger partial charge in [-0.2, -0.15) is 0 Å². The summed E-state index contributed by atoms with van der Waals surface area (Å²) in [6, 6.07) is 17.0. The number of benzene rings is 4. The molecule has 0 heterocycles. The monoisotopic (exact) mass is 1730 g/mol. The van der Waals surface area contributed by atoms with Crippen LogP contribution in [0.1, 0.15) is 52.7 Å². The van der Waals surface area contributed by atoms with E-state index in [0.717, 1.165) is 87.0 Å². The summed E-state index contributed by atoms with van der Waals surface area (Å²) in [5.41, 5.74) is -0.187. The van der Waals surface area contributed by atoms with Crippen LogP contribution in [0.2, 0.25) is 0 Å². The van der Waals surface area contributed by atoms with Crippen LogP contribution in [0.4, 0.5) is 149 Å². The van der Waals surface area contributed by atoms with Gasteiger partial charge in [0.15, 0.2) is 0 Å². The second-order valence-corrected chi connectivity index (χ2v) is 34.4. The minimum absolute atomic E-state index is 0.00438. The molecule has 552 valence electrons. The Morgan fingerprint density at radius 3 is 0.594 bits per heavy atom. The number of hydrogen-bond acceptors (Lipinski definition) is 8. The minimum atomic E-state index is -8.94. The number of hydrogen-bond donors (Lipinski definition) is 0. The van der Waals surface area contributed by atoms with Crippen LogP contribution in [-0.4, -0.2) is 125 Å². The summed E-state index contributed by atoms with van der Waals surface area (Å²) < 4.78 is 533. The molecule has 8 nitrogen and oxygen atoms in total. The summed E-state index contributed by atoms with van der Waals surface area (Å²) in [7, 11) is -13.3. The Balaban J connectivity index is 0.000000502. The number of halogens is 36. The van der Waals surface area contributed by atoms with Gasteiger partial charge >= 0.3 is 536 Å². The predicted molar refractivity (Wildman–Crippen MR) is 280 cm³/mol. The zero-order chi connectivity index (χ0) is 75.9. The van der Waals surface area contributed by atoms with E-state index in [1.165, 1.54) is 24.3 Å². The number of rotatable bonds is 24. The quantitative estimate of drug-likeness (QED) is 0.0505. The number of alkyl halides is 34. The fraction of sp³-hybridized carbons (Fsp3) is 0.520. The van der Waals surface area contributed by atoms with Crippen LogP contribution < -0.4 is 9.47 Å². The second kappa shape index (κ2) is 26.4. The molecule has 0 saturated carbocycles. The average molecular weight is 1730 g/mol. The third kappa shape index (κ3) is 14.2. The molecule has 0 fully saturated rings. The molecule has 4 aromatic carbocycles. The van der Waals surface area contributed by atoms with Gasteiger partial charge in [-0.3, -0.25) is 0 Å². The van der Waals surface area contributed by atoms with Crippen molar-refractivity contribution in [2.75, 3.05) is 14.2 Å². The maximum absolute atomic E-state index is 14.9. The predicted octanol–water partition coefficient (Wildman–Crippen LogP) is 19.5. The summed E-state index contributed by atoms with van der Waals surface area (Å²) in [6.45, 7) is 10.1. The standard InChI is InChI=1S/C28H26F17IO3S.C22H14F17IO5S/c1-19(2,3)15-7-11-17(12-8-15)46(18-13-9-16(10-14-18)20(4,5)6)49-50(47,48)28(44,45)26(39,40)24(35,36)22(31,32)21(29,30)23(33,34)25(37,38)27(41,42)43;1-43-13-7-3-11(4-8-13)40(12-5-9-14(44-2)10-6-12)45-46(41,42)22(38,39)20(33,34)18(29,30)16(25,26)15(23,24)17(27,28)19(31,32)21(35,36)37/h7-14H,1-6H3;3-10H,1-2H3. The van der Waals surface area contributed by atoms with Crippen molar-refractivity contribution < 1.29 is 181 Å². The molecule has 0 saturated heterocycles.